The molecule has 4 aromatic carbocycles. The Hall–Kier alpha value is -5.08. The molecule has 0 spiro atoms. The molecule has 214 valence electrons. The van der Waals surface area contributed by atoms with Crippen LogP contribution >= 0.6 is 11.6 Å². The summed E-state index contributed by atoms with van der Waals surface area (Å²) < 4.78 is 5.36. The number of carbonyl (C=O) groups is 3. The first-order valence-electron chi connectivity index (χ1n) is 14.0. The van der Waals surface area contributed by atoms with Gasteiger partial charge in [0.05, 0.1) is 12.8 Å². The van der Waals surface area contributed by atoms with E-state index < -0.39 is 18.1 Å². The first-order chi connectivity index (χ1) is 20.9. The summed E-state index contributed by atoms with van der Waals surface area (Å²) in [5.74, 6) is 0.151. The van der Waals surface area contributed by atoms with Crippen molar-refractivity contribution in [3.63, 3.8) is 0 Å². The van der Waals surface area contributed by atoms with E-state index in [0.717, 1.165) is 33.3 Å². The number of imide groups is 1. The number of urea groups is 1. The van der Waals surface area contributed by atoms with Gasteiger partial charge in [0.25, 0.3) is 11.8 Å². The van der Waals surface area contributed by atoms with Gasteiger partial charge in [-0.25, -0.2) is 9.69 Å². The van der Waals surface area contributed by atoms with E-state index in [4.69, 9.17) is 16.3 Å². The van der Waals surface area contributed by atoms with Gasteiger partial charge in [0.15, 0.2) is 0 Å². The van der Waals surface area contributed by atoms with Gasteiger partial charge in [-0.05, 0) is 71.3 Å². The molecule has 1 fully saturated rings. The highest BCUT2D eigenvalue weighted by Crippen LogP contribution is 2.45. The number of carbonyl (C=O) groups excluding carboxylic acids is 3. The largest absolute Gasteiger partial charge is 0.497 e. The summed E-state index contributed by atoms with van der Waals surface area (Å²) in [4.78, 5) is 47.3. The number of benzene rings is 4. The Morgan fingerprint density at radius 3 is 2.40 bits per heavy atom. The van der Waals surface area contributed by atoms with E-state index in [0.29, 0.717) is 35.0 Å². The molecule has 8 nitrogen and oxygen atoms in total. The quantitative estimate of drug-likeness (QED) is 0.229. The second-order valence-corrected chi connectivity index (χ2v) is 11.1. The van der Waals surface area contributed by atoms with Crippen LogP contribution in [0.1, 0.15) is 38.8 Å². The molecule has 9 heteroatoms. The van der Waals surface area contributed by atoms with Crippen molar-refractivity contribution in [3.8, 4) is 5.75 Å². The smallest absolute Gasteiger partial charge is 0.332 e. The van der Waals surface area contributed by atoms with Gasteiger partial charge in [0.2, 0.25) is 0 Å². The van der Waals surface area contributed by atoms with E-state index in [1.807, 2.05) is 60.7 Å². The normalized spacial score (nSPS) is 17.6. The maximum Gasteiger partial charge on any atom is 0.332 e. The Balaban J connectivity index is 1.19. The molecule has 0 unspecified atom stereocenters. The molecule has 5 aromatic rings. The molecule has 0 aliphatic carbocycles. The van der Waals surface area contributed by atoms with Gasteiger partial charge in [0, 0.05) is 40.1 Å². The molecular formula is C34H27ClN4O4. The monoisotopic (exact) mass is 590 g/mol. The fourth-order valence-electron chi connectivity index (χ4n) is 6.09. The summed E-state index contributed by atoms with van der Waals surface area (Å²) in [6, 6.07) is 27.8. The molecule has 2 atom stereocenters. The molecule has 3 heterocycles. The molecule has 2 N–H and O–H groups in total. The summed E-state index contributed by atoms with van der Waals surface area (Å²) in [6.07, 6.45) is 0.401. The summed E-state index contributed by atoms with van der Waals surface area (Å²) >= 11 is 5.94. The van der Waals surface area contributed by atoms with Gasteiger partial charge in [-0.15, -0.1) is 0 Å². The minimum Gasteiger partial charge on any atom is -0.497 e. The van der Waals surface area contributed by atoms with Crippen molar-refractivity contribution in [2.75, 3.05) is 12.0 Å². The molecule has 1 saturated heterocycles. The van der Waals surface area contributed by atoms with Gasteiger partial charge in [-0.1, -0.05) is 54.1 Å². The minimum absolute atomic E-state index is 0.261. The first kappa shape index (κ1) is 26.8. The van der Waals surface area contributed by atoms with Crippen LogP contribution in [0.2, 0.25) is 5.02 Å². The highest BCUT2D eigenvalue weighted by atomic mass is 35.5. The first-order valence-corrected chi connectivity index (χ1v) is 14.3. The Kier molecular flexibility index (Phi) is 6.63. The van der Waals surface area contributed by atoms with Crippen LogP contribution in [-0.2, 0) is 17.8 Å². The van der Waals surface area contributed by atoms with E-state index in [2.05, 4.69) is 10.3 Å². The molecule has 43 heavy (non-hydrogen) atoms. The van der Waals surface area contributed by atoms with Crippen molar-refractivity contribution in [1.29, 1.82) is 0 Å². The molecule has 2 aliphatic rings. The molecule has 1 aromatic heterocycles. The lowest BCUT2D eigenvalue weighted by atomic mass is 9.89. The van der Waals surface area contributed by atoms with Crippen LogP contribution in [0.15, 0.2) is 97.1 Å². The van der Waals surface area contributed by atoms with Crippen LogP contribution in [0.5, 0.6) is 5.75 Å². The lowest BCUT2D eigenvalue weighted by Gasteiger charge is -2.36. The Labute approximate surface area is 252 Å². The standard InChI is InChI=1S/C34H27ClN4O4/c1-43-25-16-10-21(11-17-25)31-30-27(26-4-2-3-5-28(26)37-30)18-29-33(41)38(34(42)39(29)31)24-14-8-22(9-15-24)32(40)36-19-20-6-12-23(35)13-7-20/h2-17,29,31,37H,18-19H2,1H3,(H,36,40)/t29-,31-/m0/s1. The van der Waals surface area contributed by atoms with E-state index in [9.17, 15) is 14.4 Å². The number of nitrogens with one attached hydrogen (secondary N) is 2. The Bertz CT molecular complexity index is 1870. The van der Waals surface area contributed by atoms with Crippen molar-refractivity contribution in [2.24, 2.45) is 0 Å². The van der Waals surface area contributed by atoms with Crippen molar-refractivity contribution in [1.82, 2.24) is 15.2 Å². The van der Waals surface area contributed by atoms with Gasteiger partial charge < -0.3 is 15.0 Å². The molecule has 2 aliphatic heterocycles. The molecule has 0 saturated carbocycles. The number of nitrogens with zero attached hydrogens (tertiary/aromatic N) is 2. The lowest BCUT2D eigenvalue weighted by Crippen LogP contribution is -2.44. The number of para-hydroxylation sites is 1. The number of hydrogen-bond donors (Lipinski definition) is 2. The highest BCUT2D eigenvalue weighted by Gasteiger charge is 2.53. The summed E-state index contributed by atoms with van der Waals surface area (Å²) in [5.41, 5.74) is 5.53. The number of hydrogen-bond acceptors (Lipinski definition) is 4. The molecular weight excluding hydrogens is 564 g/mol. The number of anilines is 1. The van der Waals surface area contributed by atoms with Gasteiger partial charge in [0.1, 0.15) is 17.8 Å². The van der Waals surface area contributed by atoms with Gasteiger partial charge >= 0.3 is 6.03 Å². The number of aromatic amines is 1. The number of methoxy groups -OCH3 is 1. The second kappa shape index (κ2) is 10.6. The number of ether oxygens (including phenoxy) is 1. The fourth-order valence-corrected chi connectivity index (χ4v) is 6.22. The summed E-state index contributed by atoms with van der Waals surface area (Å²) in [5, 5.41) is 4.56. The van der Waals surface area contributed by atoms with Crippen molar-refractivity contribution in [3.05, 3.63) is 130 Å². The maximum absolute atomic E-state index is 14.1. The number of halogens is 1. The molecule has 4 amide bonds. The molecule has 0 radical (unpaired) electrons. The number of fused-ring (bicyclic) bond motifs is 4. The van der Waals surface area contributed by atoms with Gasteiger partial charge in [-0.3, -0.25) is 14.5 Å². The maximum atomic E-state index is 14.1. The van der Waals surface area contributed by atoms with Gasteiger partial charge in [-0.2, -0.15) is 0 Å². The number of amides is 4. The summed E-state index contributed by atoms with van der Waals surface area (Å²) in [7, 11) is 1.61. The SMILES string of the molecule is COc1ccc([C@H]2c3[nH]c4ccccc4c3C[C@H]3C(=O)N(c4ccc(C(=O)NCc5ccc(Cl)cc5)cc4)C(=O)N23)cc1. The van der Waals surface area contributed by atoms with E-state index in [-0.39, 0.29) is 11.8 Å². The van der Waals surface area contributed by atoms with E-state index in [1.54, 1.807) is 48.4 Å². The zero-order valence-corrected chi connectivity index (χ0v) is 24.0. The number of rotatable bonds is 6. The predicted molar refractivity (Wildman–Crippen MR) is 164 cm³/mol. The van der Waals surface area contributed by atoms with Crippen LogP contribution in [0.3, 0.4) is 0 Å². The predicted octanol–water partition coefficient (Wildman–Crippen LogP) is 6.24. The third-order valence-corrected chi connectivity index (χ3v) is 8.49. The van der Waals surface area contributed by atoms with Crippen molar-refractivity contribution in [2.45, 2.75) is 25.0 Å². The van der Waals surface area contributed by atoms with E-state index in [1.165, 1.54) is 4.90 Å². The second-order valence-electron chi connectivity index (χ2n) is 10.7. The highest BCUT2D eigenvalue weighted by molar-refractivity contribution is 6.30. The molecule has 0 bridgehead atoms. The lowest BCUT2D eigenvalue weighted by molar-refractivity contribution is -0.120. The minimum atomic E-state index is -0.673. The topological polar surface area (TPSA) is 94.7 Å². The van der Waals surface area contributed by atoms with Crippen LogP contribution in [-0.4, -0.2) is 40.9 Å². The number of H-pyrrole nitrogens is 1. The van der Waals surface area contributed by atoms with Crippen LogP contribution in [0, 0.1) is 0 Å². The van der Waals surface area contributed by atoms with Crippen molar-refractivity contribution >= 4 is 46.0 Å². The third-order valence-electron chi connectivity index (χ3n) is 8.23. The zero-order valence-electron chi connectivity index (χ0n) is 23.2. The zero-order chi connectivity index (χ0) is 29.7. The fraction of sp³-hybridized carbons (Fsp3) is 0.147. The average molecular weight is 591 g/mol. The third kappa shape index (κ3) is 4.60. The Morgan fingerprint density at radius 2 is 1.67 bits per heavy atom. The Morgan fingerprint density at radius 1 is 0.953 bits per heavy atom. The van der Waals surface area contributed by atoms with Crippen LogP contribution < -0.4 is 15.0 Å². The van der Waals surface area contributed by atoms with Crippen molar-refractivity contribution < 1.29 is 19.1 Å². The van der Waals surface area contributed by atoms with Crippen LogP contribution in [0.4, 0.5) is 10.5 Å². The van der Waals surface area contributed by atoms with E-state index >= 15 is 0 Å². The number of aromatic nitrogens is 1. The van der Waals surface area contributed by atoms with Crippen LogP contribution in [0.25, 0.3) is 10.9 Å². The summed E-state index contributed by atoms with van der Waals surface area (Å²) in [6.45, 7) is 0.346. The molecule has 7 rings (SSSR count). The average Bonchev–Trinajstić information content (AvgIpc) is 3.53.